The quantitative estimate of drug-likeness (QED) is 0.743. The van der Waals surface area contributed by atoms with Crippen molar-refractivity contribution < 1.29 is 9.84 Å². The maximum Gasteiger partial charge on any atom is 0.161 e. The van der Waals surface area contributed by atoms with Crippen LogP contribution in [0.3, 0.4) is 0 Å². The summed E-state index contributed by atoms with van der Waals surface area (Å²) >= 11 is 0. The molecule has 0 amide bonds. The van der Waals surface area contributed by atoms with Gasteiger partial charge >= 0.3 is 0 Å². The fourth-order valence-electron chi connectivity index (χ4n) is 1.44. The maximum atomic E-state index is 9.73. The van der Waals surface area contributed by atoms with E-state index >= 15 is 0 Å². The van der Waals surface area contributed by atoms with Crippen LogP contribution in [-0.4, -0.2) is 12.2 Å². The van der Waals surface area contributed by atoms with Crippen LogP contribution >= 0.6 is 0 Å². The van der Waals surface area contributed by atoms with E-state index in [0.29, 0.717) is 5.75 Å². The number of aryl methyl sites for hydroxylation is 1. The molecule has 1 rings (SSSR count). The van der Waals surface area contributed by atoms with E-state index in [0.717, 1.165) is 24.0 Å². The summed E-state index contributed by atoms with van der Waals surface area (Å²) in [6.45, 7) is 5.69. The van der Waals surface area contributed by atoms with Crippen molar-refractivity contribution in [3.05, 3.63) is 35.9 Å². The molecule has 0 radical (unpaired) electrons. The molecule has 1 aromatic rings. The molecule has 0 fully saturated rings. The number of hydrogen-bond acceptors (Lipinski definition) is 2. The molecular weight excluding hydrogens is 176 g/mol. The molecule has 0 unspecified atom stereocenters. The Morgan fingerprint density at radius 1 is 1.50 bits per heavy atom. The van der Waals surface area contributed by atoms with E-state index in [1.807, 2.05) is 25.1 Å². The molecule has 2 nitrogen and oxygen atoms in total. The first kappa shape index (κ1) is 10.6. The first-order chi connectivity index (χ1) is 6.72. The molecule has 0 saturated heterocycles. The summed E-state index contributed by atoms with van der Waals surface area (Å²) in [5.41, 5.74) is 2.03. The number of ether oxygens (including phenoxy) is 1. The van der Waals surface area contributed by atoms with Crippen molar-refractivity contribution in [3.8, 4) is 11.5 Å². The Morgan fingerprint density at radius 3 is 2.71 bits per heavy atom. The molecule has 1 aromatic carbocycles. The summed E-state index contributed by atoms with van der Waals surface area (Å²) in [6.07, 6.45) is 3.43. The lowest BCUT2D eigenvalue weighted by Gasteiger charge is -2.09. The predicted octanol–water partition coefficient (Wildman–Crippen LogP) is 2.69. The highest BCUT2D eigenvalue weighted by Gasteiger charge is 2.08. The number of phenols is 1. The van der Waals surface area contributed by atoms with Gasteiger partial charge < -0.3 is 9.84 Å². The van der Waals surface area contributed by atoms with Gasteiger partial charge in [-0.2, -0.15) is 0 Å². The third-order valence-corrected chi connectivity index (χ3v) is 2.19. The van der Waals surface area contributed by atoms with Gasteiger partial charge in [-0.25, -0.2) is 0 Å². The van der Waals surface area contributed by atoms with Gasteiger partial charge in [0.15, 0.2) is 11.5 Å². The Bertz CT molecular complexity index is 304. The van der Waals surface area contributed by atoms with E-state index in [4.69, 9.17) is 4.74 Å². The number of methoxy groups -OCH3 is 1. The van der Waals surface area contributed by atoms with Crippen LogP contribution in [0.1, 0.15) is 18.1 Å². The van der Waals surface area contributed by atoms with E-state index in [1.165, 1.54) is 0 Å². The molecular formula is C12H16O2. The Balaban J connectivity index is 3.17. The molecule has 76 valence electrons. The minimum atomic E-state index is 0.253. The van der Waals surface area contributed by atoms with Gasteiger partial charge in [-0.3, -0.25) is 0 Å². The SMILES string of the molecule is C=CCc1cc(CC)c(O)c(OC)c1. The minimum absolute atomic E-state index is 0.253. The van der Waals surface area contributed by atoms with E-state index in [-0.39, 0.29) is 5.75 Å². The van der Waals surface area contributed by atoms with Crippen molar-refractivity contribution in [3.63, 3.8) is 0 Å². The van der Waals surface area contributed by atoms with Crippen LogP contribution in [0, 0.1) is 0 Å². The molecule has 0 atom stereocenters. The Hall–Kier alpha value is -1.44. The molecule has 0 aliphatic carbocycles. The molecule has 0 spiro atoms. The van der Waals surface area contributed by atoms with Gasteiger partial charge in [-0.05, 0) is 30.0 Å². The second kappa shape index (κ2) is 4.70. The van der Waals surface area contributed by atoms with Crippen LogP contribution in [0.5, 0.6) is 11.5 Å². The number of hydrogen-bond donors (Lipinski definition) is 1. The van der Waals surface area contributed by atoms with Gasteiger partial charge in [0.2, 0.25) is 0 Å². The average Bonchev–Trinajstić information content (AvgIpc) is 2.20. The zero-order chi connectivity index (χ0) is 10.6. The first-order valence-electron chi connectivity index (χ1n) is 4.72. The summed E-state index contributed by atoms with van der Waals surface area (Å²) in [7, 11) is 1.56. The largest absolute Gasteiger partial charge is 0.504 e. The monoisotopic (exact) mass is 192 g/mol. The van der Waals surface area contributed by atoms with Crippen molar-refractivity contribution in [1.82, 2.24) is 0 Å². The lowest BCUT2D eigenvalue weighted by Crippen LogP contribution is -1.92. The fourth-order valence-corrected chi connectivity index (χ4v) is 1.44. The lowest BCUT2D eigenvalue weighted by molar-refractivity contribution is 0.370. The number of aromatic hydroxyl groups is 1. The lowest BCUT2D eigenvalue weighted by atomic mass is 10.0. The first-order valence-corrected chi connectivity index (χ1v) is 4.72. The zero-order valence-corrected chi connectivity index (χ0v) is 8.71. The normalized spacial score (nSPS) is 9.86. The van der Waals surface area contributed by atoms with E-state index < -0.39 is 0 Å². The highest BCUT2D eigenvalue weighted by molar-refractivity contribution is 5.48. The van der Waals surface area contributed by atoms with Crippen molar-refractivity contribution >= 4 is 0 Å². The summed E-state index contributed by atoms with van der Waals surface area (Å²) in [4.78, 5) is 0. The Morgan fingerprint density at radius 2 is 2.21 bits per heavy atom. The molecule has 0 heterocycles. The molecule has 0 bridgehead atoms. The van der Waals surface area contributed by atoms with Crippen molar-refractivity contribution in [2.75, 3.05) is 7.11 Å². The van der Waals surface area contributed by atoms with Gasteiger partial charge in [0, 0.05) is 0 Å². The highest BCUT2D eigenvalue weighted by atomic mass is 16.5. The zero-order valence-electron chi connectivity index (χ0n) is 8.71. The number of allylic oxidation sites excluding steroid dienone is 1. The number of benzene rings is 1. The number of phenolic OH excluding ortho intramolecular Hbond substituents is 1. The van der Waals surface area contributed by atoms with Gasteiger partial charge in [-0.1, -0.05) is 19.1 Å². The second-order valence-corrected chi connectivity index (χ2v) is 3.15. The van der Waals surface area contributed by atoms with Gasteiger partial charge in [-0.15, -0.1) is 6.58 Å². The average molecular weight is 192 g/mol. The molecule has 14 heavy (non-hydrogen) atoms. The van der Waals surface area contributed by atoms with Crippen LogP contribution in [-0.2, 0) is 12.8 Å². The second-order valence-electron chi connectivity index (χ2n) is 3.15. The van der Waals surface area contributed by atoms with E-state index in [2.05, 4.69) is 6.58 Å². The van der Waals surface area contributed by atoms with Crippen molar-refractivity contribution in [2.24, 2.45) is 0 Å². The van der Waals surface area contributed by atoms with Gasteiger partial charge in [0.1, 0.15) is 0 Å². The molecule has 2 heteroatoms. The Kier molecular flexibility index (Phi) is 3.57. The van der Waals surface area contributed by atoms with Crippen LogP contribution in [0.2, 0.25) is 0 Å². The van der Waals surface area contributed by atoms with E-state index in [9.17, 15) is 5.11 Å². The van der Waals surface area contributed by atoms with Crippen LogP contribution in [0.15, 0.2) is 24.8 Å². The van der Waals surface area contributed by atoms with Crippen molar-refractivity contribution in [1.29, 1.82) is 0 Å². The molecule has 0 aliphatic rings. The Labute approximate surface area is 84.8 Å². The third-order valence-electron chi connectivity index (χ3n) is 2.19. The summed E-state index contributed by atoms with van der Waals surface area (Å²) in [5, 5.41) is 9.73. The predicted molar refractivity (Wildman–Crippen MR) is 57.9 cm³/mol. The van der Waals surface area contributed by atoms with Gasteiger partial charge in [0.05, 0.1) is 7.11 Å². The van der Waals surface area contributed by atoms with Gasteiger partial charge in [0.25, 0.3) is 0 Å². The fraction of sp³-hybridized carbons (Fsp3) is 0.333. The molecule has 0 aromatic heterocycles. The summed E-state index contributed by atoms with van der Waals surface area (Å²) < 4.78 is 5.09. The van der Waals surface area contributed by atoms with Crippen LogP contribution in [0.4, 0.5) is 0 Å². The minimum Gasteiger partial charge on any atom is -0.504 e. The van der Waals surface area contributed by atoms with E-state index in [1.54, 1.807) is 7.11 Å². The maximum absolute atomic E-state index is 9.73. The number of rotatable bonds is 4. The third kappa shape index (κ3) is 2.08. The van der Waals surface area contributed by atoms with Crippen LogP contribution < -0.4 is 4.74 Å². The smallest absolute Gasteiger partial charge is 0.161 e. The van der Waals surface area contributed by atoms with Crippen molar-refractivity contribution in [2.45, 2.75) is 19.8 Å². The highest BCUT2D eigenvalue weighted by Crippen LogP contribution is 2.31. The molecule has 0 aliphatic heterocycles. The summed E-state index contributed by atoms with van der Waals surface area (Å²) in [5.74, 6) is 0.795. The molecule has 0 saturated carbocycles. The summed E-state index contributed by atoms with van der Waals surface area (Å²) in [6, 6.07) is 3.83. The topological polar surface area (TPSA) is 29.5 Å². The standard InChI is InChI=1S/C12H16O2/c1-4-6-9-7-10(5-2)12(13)11(8-9)14-3/h4,7-8,13H,1,5-6H2,2-3H3. The molecule has 1 N–H and O–H groups in total. The van der Waals surface area contributed by atoms with Crippen LogP contribution in [0.25, 0.3) is 0 Å².